The van der Waals surface area contributed by atoms with Gasteiger partial charge >= 0.3 is 0 Å². The number of anilines is 1. The number of carbonyl (C=O) groups excluding carboxylic acids is 2. The quantitative estimate of drug-likeness (QED) is 0.471. The lowest BCUT2D eigenvalue weighted by atomic mass is 10.1. The molecular formula is C21H25FN4O4S2. The van der Waals surface area contributed by atoms with Crippen molar-refractivity contribution < 1.29 is 22.4 Å². The van der Waals surface area contributed by atoms with Gasteiger partial charge in [0.1, 0.15) is 5.82 Å². The summed E-state index contributed by atoms with van der Waals surface area (Å²) in [7, 11) is -3.72. The van der Waals surface area contributed by atoms with Crippen LogP contribution in [0, 0.1) is 5.82 Å². The van der Waals surface area contributed by atoms with Crippen molar-refractivity contribution in [3.05, 3.63) is 54.3 Å². The van der Waals surface area contributed by atoms with Crippen LogP contribution in [0.2, 0.25) is 0 Å². The molecule has 172 valence electrons. The van der Waals surface area contributed by atoms with E-state index in [1.165, 1.54) is 23.9 Å². The Bertz CT molecular complexity index is 1060. The van der Waals surface area contributed by atoms with Crippen LogP contribution in [0.25, 0.3) is 0 Å². The number of thioether (sulfide) groups is 1. The molecule has 4 N–H and O–H groups in total. The number of amides is 2. The minimum atomic E-state index is -3.72. The van der Waals surface area contributed by atoms with Gasteiger partial charge in [-0.05, 0) is 49.2 Å². The zero-order valence-corrected chi connectivity index (χ0v) is 18.9. The Morgan fingerprint density at radius 2 is 1.75 bits per heavy atom. The maximum atomic E-state index is 13.0. The van der Waals surface area contributed by atoms with E-state index in [1.54, 1.807) is 12.1 Å². The van der Waals surface area contributed by atoms with Gasteiger partial charge < -0.3 is 11.1 Å². The van der Waals surface area contributed by atoms with Crippen LogP contribution in [0.3, 0.4) is 0 Å². The van der Waals surface area contributed by atoms with Crippen LogP contribution in [-0.2, 0) is 19.6 Å². The van der Waals surface area contributed by atoms with Gasteiger partial charge in [0.2, 0.25) is 21.8 Å². The predicted molar refractivity (Wildman–Crippen MR) is 121 cm³/mol. The Morgan fingerprint density at radius 3 is 2.41 bits per heavy atom. The number of nitrogens with one attached hydrogen (secondary N) is 2. The molecule has 0 radical (unpaired) electrons. The topological polar surface area (TPSA) is 122 Å². The van der Waals surface area contributed by atoms with E-state index in [9.17, 15) is 22.4 Å². The first kappa shape index (κ1) is 24.2. The molecule has 3 rings (SSSR count). The molecule has 0 atom stereocenters. The van der Waals surface area contributed by atoms with Gasteiger partial charge in [-0.2, -0.15) is 0 Å². The molecule has 1 heterocycles. The van der Waals surface area contributed by atoms with Crippen molar-refractivity contribution in [1.82, 2.24) is 9.62 Å². The summed E-state index contributed by atoms with van der Waals surface area (Å²) < 4.78 is 40.6. The van der Waals surface area contributed by atoms with Gasteiger partial charge in [-0.3, -0.25) is 14.5 Å². The van der Waals surface area contributed by atoms with Crippen LogP contribution in [0.1, 0.15) is 12.8 Å². The van der Waals surface area contributed by atoms with Gasteiger partial charge in [0.05, 0.1) is 22.9 Å². The minimum Gasteiger partial charge on any atom is -0.369 e. The smallest absolute Gasteiger partial charge is 0.240 e. The number of hydrogen-bond acceptors (Lipinski definition) is 6. The fourth-order valence-corrected chi connectivity index (χ4v) is 5.40. The lowest BCUT2D eigenvalue weighted by Gasteiger charge is -2.31. The minimum absolute atomic E-state index is 0.0218. The van der Waals surface area contributed by atoms with Gasteiger partial charge in [0.25, 0.3) is 0 Å². The standard InChI is InChI=1S/C21H25FN4O4S2/c22-15-5-7-17(8-6-15)32(29,30)25-16-9-11-26(12-10-16)13-21(28)24-18-3-1-2-4-19(18)31-14-20(23)27/h1-8,16,25H,9-14H2,(H2,23,27)(H,24,28). The summed E-state index contributed by atoms with van der Waals surface area (Å²) in [5, 5.41) is 2.86. The van der Waals surface area contributed by atoms with Crippen molar-refractivity contribution in [1.29, 1.82) is 0 Å². The predicted octanol–water partition coefficient (Wildman–Crippen LogP) is 1.78. The number of piperidine rings is 1. The molecule has 2 amide bonds. The molecule has 8 nitrogen and oxygen atoms in total. The number of sulfonamides is 1. The van der Waals surface area contributed by atoms with Crippen LogP contribution in [0.15, 0.2) is 58.3 Å². The molecule has 0 aromatic heterocycles. The molecule has 0 aliphatic carbocycles. The summed E-state index contributed by atoms with van der Waals surface area (Å²) in [6, 6.07) is 11.6. The third kappa shape index (κ3) is 7.02. The molecule has 32 heavy (non-hydrogen) atoms. The molecule has 1 saturated heterocycles. The van der Waals surface area contributed by atoms with Crippen molar-refractivity contribution in [3.63, 3.8) is 0 Å². The number of benzene rings is 2. The highest BCUT2D eigenvalue weighted by atomic mass is 32.2. The average Bonchev–Trinajstić information content (AvgIpc) is 2.74. The summed E-state index contributed by atoms with van der Waals surface area (Å²) in [5.74, 6) is -1.00. The van der Waals surface area contributed by atoms with E-state index in [2.05, 4.69) is 10.0 Å². The number of primary amides is 1. The first-order chi connectivity index (χ1) is 15.2. The number of para-hydroxylation sites is 1. The second-order valence-electron chi connectivity index (χ2n) is 7.42. The van der Waals surface area contributed by atoms with Crippen molar-refractivity contribution in [2.45, 2.75) is 28.7 Å². The molecule has 11 heteroatoms. The maximum Gasteiger partial charge on any atom is 0.240 e. The van der Waals surface area contributed by atoms with E-state index in [1.807, 2.05) is 17.0 Å². The van der Waals surface area contributed by atoms with Crippen molar-refractivity contribution >= 4 is 39.3 Å². The summed E-state index contributed by atoms with van der Waals surface area (Å²) >= 11 is 1.26. The summed E-state index contributed by atoms with van der Waals surface area (Å²) in [6.45, 7) is 1.29. The number of rotatable bonds is 9. The monoisotopic (exact) mass is 480 g/mol. The lowest BCUT2D eigenvalue weighted by Crippen LogP contribution is -2.46. The zero-order valence-electron chi connectivity index (χ0n) is 17.3. The van der Waals surface area contributed by atoms with E-state index in [4.69, 9.17) is 5.73 Å². The molecular weight excluding hydrogens is 455 g/mol. The van der Waals surface area contributed by atoms with Crippen molar-refractivity contribution in [3.8, 4) is 0 Å². The van der Waals surface area contributed by atoms with Crippen molar-refractivity contribution in [2.24, 2.45) is 5.73 Å². The number of carbonyl (C=O) groups is 2. The highest BCUT2D eigenvalue weighted by molar-refractivity contribution is 8.00. The number of likely N-dealkylation sites (tertiary alicyclic amines) is 1. The number of hydrogen-bond donors (Lipinski definition) is 3. The SMILES string of the molecule is NC(=O)CSc1ccccc1NC(=O)CN1CCC(NS(=O)(=O)c2ccc(F)cc2)CC1. The van der Waals surface area contributed by atoms with Crippen LogP contribution >= 0.6 is 11.8 Å². The Balaban J connectivity index is 1.48. The lowest BCUT2D eigenvalue weighted by molar-refractivity contribution is -0.117. The van der Waals surface area contributed by atoms with E-state index < -0.39 is 21.7 Å². The van der Waals surface area contributed by atoms with Gasteiger partial charge in [0.15, 0.2) is 0 Å². The first-order valence-electron chi connectivity index (χ1n) is 10.0. The van der Waals surface area contributed by atoms with Gasteiger partial charge in [-0.15, -0.1) is 11.8 Å². The molecule has 0 spiro atoms. The first-order valence-corrected chi connectivity index (χ1v) is 12.5. The van der Waals surface area contributed by atoms with Gasteiger partial charge in [-0.1, -0.05) is 12.1 Å². The Kier molecular flexibility index (Phi) is 8.24. The van der Waals surface area contributed by atoms with Crippen LogP contribution in [0.4, 0.5) is 10.1 Å². The third-order valence-corrected chi connectivity index (χ3v) is 7.56. The molecule has 1 fully saturated rings. The Labute approximate surface area is 190 Å². The molecule has 1 aliphatic rings. The second-order valence-corrected chi connectivity index (χ2v) is 10.2. The Hall–Kier alpha value is -2.47. The normalized spacial score (nSPS) is 15.4. The van der Waals surface area contributed by atoms with Gasteiger partial charge in [-0.25, -0.2) is 17.5 Å². The summed E-state index contributed by atoms with van der Waals surface area (Å²) in [4.78, 5) is 26.3. The van der Waals surface area contributed by atoms with E-state index in [-0.39, 0.29) is 29.1 Å². The average molecular weight is 481 g/mol. The van der Waals surface area contributed by atoms with Crippen LogP contribution < -0.4 is 15.8 Å². The van der Waals surface area contributed by atoms with E-state index in [0.717, 1.165) is 17.0 Å². The summed E-state index contributed by atoms with van der Waals surface area (Å²) in [5.41, 5.74) is 5.81. The molecule has 0 bridgehead atoms. The molecule has 1 aliphatic heterocycles. The molecule has 2 aromatic carbocycles. The van der Waals surface area contributed by atoms with Crippen molar-refractivity contribution in [2.75, 3.05) is 30.7 Å². The highest BCUT2D eigenvalue weighted by Crippen LogP contribution is 2.26. The zero-order chi connectivity index (χ0) is 23.1. The number of nitrogens with zero attached hydrogens (tertiary/aromatic N) is 1. The van der Waals surface area contributed by atoms with Crippen LogP contribution in [-0.4, -0.2) is 56.6 Å². The number of nitrogens with two attached hydrogens (primary N) is 1. The summed E-state index contributed by atoms with van der Waals surface area (Å²) in [6.07, 6.45) is 1.11. The Morgan fingerprint density at radius 1 is 1.09 bits per heavy atom. The molecule has 0 saturated carbocycles. The van der Waals surface area contributed by atoms with E-state index >= 15 is 0 Å². The number of halogens is 1. The van der Waals surface area contributed by atoms with E-state index in [0.29, 0.717) is 31.6 Å². The molecule has 0 unspecified atom stereocenters. The maximum absolute atomic E-state index is 13.0. The third-order valence-electron chi connectivity index (χ3n) is 4.93. The molecule has 2 aromatic rings. The fraction of sp³-hybridized carbons (Fsp3) is 0.333. The highest BCUT2D eigenvalue weighted by Gasteiger charge is 2.25. The second kappa shape index (κ2) is 10.9. The fourth-order valence-electron chi connectivity index (χ4n) is 3.35. The van der Waals surface area contributed by atoms with Gasteiger partial charge in [0, 0.05) is 24.0 Å². The largest absolute Gasteiger partial charge is 0.369 e. The van der Waals surface area contributed by atoms with Crippen LogP contribution in [0.5, 0.6) is 0 Å².